The molecule has 1 aromatic heterocycles. The van der Waals surface area contributed by atoms with Crippen molar-refractivity contribution in [3.05, 3.63) is 41.0 Å². The number of likely N-dealkylation sites (tertiary alicyclic amines) is 2. The molecule has 0 bridgehead atoms. The lowest BCUT2D eigenvalue weighted by Crippen LogP contribution is -2.54. The Balaban J connectivity index is 1.37. The molecule has 1 aromatic carbocycles. The molecule has 0 radical (unpaired) electrons. The van der Waals surface area contributed by atoms with Crippen LogP contribution in [-0.2, 0) is 19.8 Å². The zero-order valence-electron chi connectivity index (χ0n) is 20.9. The van der Waals surface area contributed by atoms with E-state index in [4.69, 9.17) is 0 Å². The number of hydrogen-bond donors (Lipinski definition) is 1. The van der Waals surface area contributed by atoms with Gasteiger partial charge in [0.05, 0.1) is 33.6 Å². The maximum atomic E-state index is 13.6. The molecule has 2 saturated heterocycles. The molecule has 3 aliphatic rings. The summed E-state index contributed by atoms with van der Waals surface area (Å²) in [6, 6.07) is 7.03. The first kappa shape index (κ1) is 24.8. The molecule has 190 valence electrons. The van der Waals surface area contributed by atoms with Crippen LogP contribution in [0.25, 0.3) is 10.4 Å². The van der Waals surface area contributed by atoms with Gasteiger partial charge in [-0.3, -0.25) is 14.4 Å². The number of aliphatic hydroxyl groups excluding tert-OH is 1. The number of benzene rings is 1. The van der Waals surface area contributed by atoms with Gasteiger partial charge in [0.2, 0.25) is 11.8 Å². The summed E-state index contributed by atoms with van der Waals surface area (Å²) < 4.78 is 0. The molecule has 0 aliphatic carbocycles. The van der Waals surface area contributed by atoms with E-state index in [1.807, 2.05) is 43.6 Å². The van der Waals surface area contributed by atoms with Gasteiger partial charge in [-0.2, -0.15) is 0 Å². The average Bonchev–Trinajstić information content (AvgIpc) is 3.56. The smallest absolute Gasteiger partial charge is 0.256 e. The van der Waals surface area contributed by atoms with Crippen molar-refractivity contribution in [1.82, 2.24) is 14.8 Å². The Kier molecular flexibility index (Phi) is 6.55. The van der Waals surface area contributed by atoms with Gasteiger partial charge in [-0.05, 0) is 44.2 Å². The van der Waals surface area contributed by atoms with Gasteiger partial charge < -0.3 is 14.9 Å². The van der Waals surface area contributed by atoms with Crippen molar-refractivity contribution in [2.24, 2.45) is 4.99 Å². The highest BCUT2D eigenvalue weighted by Crippen LogP contribution is 2.39. The molecule has 4 heterocycles. The molecule has 5 rings (SSSR count). The third kappa shape index (κ3) is 4.28. The van der Waals surface area contributed by atoms with Crippen LogP contribution in [0.3, 0.4) is 0 Å². The topological polar surface area (TPSA) is 103 Å². The summed E-state index contributed by atoms with van der Waals surface area (Å²) in [4.78, 5) is 52.1. The molecule has 4 atom stereocenters. The second kappa shape index (κ2) is 9.52. The summed E-state index contributed by atoms with van der Waals surface area (Å²) in [6.07, 6.45) is 2.45. The Morgan fingerprint density at radius 1 is 1.17 bits per heavy atom. The van der Waals surface area contributed by atoms with Crippen LogP contribution in [-0.4, -0.2) is 74.6 Å². The molecule has 36 heavy (non-hydrogen) atoms. The van der Waals surface area contributed by atoms with E-state index in [1.54, 1.807) is 21.1 Å². The van der Waals surface area contributed by atoms with Crippen molar-refractivity contribution in [2.75, 3.05) is 13.1 Å². The molecular formula is C27H32N4O4S. The molecule has 2 fully saturated rings. The maximum absolute atomic E-state index is 13.6. The normalized spacial score (nSPS) is 28.5. The van der Waals surface area contributed by atoms with Crippen molar-refractivity contribution in [1.29, 1.82) is 0 Å². The number of hydrogen-bond acceptors (Lipinski definition) is 6. The van der Waals surface area contributed by atoms with E-state index in [2.05, 4.69) is 9.98 Å². The number of nitrogens with zero attached hydrogens (tertiary/aromatic N) is 4. The summed E-state index contributed by atoms with van der Waals surface area (Å²) in [5, 5.41) is 10.5. The zero-order chi connectivity index (χ0) is 25.6. The number of rotatable bonds is 4. The first-order valence-electron chi connectivity index (χ1n) is 12.6. The highest BCUT2D eigenvalue weighted by Gasteiger charge is 2.48. The Morgan fingerprint density at radius 3 is 2.58 bits per heavy atom. The molecule has 0 unspecified atom stereocenters. The van der Waals surface area contributed by atoms with Crippen molar-refractivity contribution in [3.8, 4) is 10.4 Å². The van der Waals surface area contributed by atoms with E-state index in [-0.39, 0.29) is 24.3 Å². The quantitative estimate of drug-likeness (QED) is 0.684. The zero-order valence-corrected chi connectivity index (χ0v) is 21.8. The molecule has 0 saturated carbocycles. The summed E-state index contributed by atoms with van der Waals surface area (Å²) in [6.45, 7) is 6.14. The first-order chi connectivity index (χ1) is 17.2. The minimum atomic E-state index is -0.824. The van der Waals surface area contributed by atoms with Crippen molar-refractivity contribution < 1.29 is 19.5 Å². The number of aryl methyl sites for hydroxylation is 1. The van der Waals surface area contributed by atoms with Crippen LogP contribution in [0.4, 0.5) is 0 Å². The first-order valence-corrected chi connectivity index (χ1v) is 13.5. The number of carbonyl (C=O) groups excluding carboxylic acids is 3. The molecule has 0 spiro atoms. The van der Waals surface area contributed by atoms with E-state index < -0.39 is 23.6 Å². The van der Waals surface area contributed by atoms with E-state index >= 15 is 0 Å². The maximum Gasteiger partial charge on any atom is 0.256 e. The Labute approximate surface area is 215 Å². The minimum Gasteiger partial charge on any atom is -0.391 e. The Bertz CT molecular complexity index is 1220. The van der Waals surface area contributed by atoms with Gasteiger partial charge in [0, 0.05) is 38.6 Å². The molecule has 3 amide bonds. The SMILES string of the molecule is CC(=O)N1CCCC[C@H]1C(=O)N1C[C@H](O)C[C@H]1C1=NC(=O)[C@](C)(c2ccc(-c3scnc3C)cc2)C1. The van der Waals surface area contributed by atoms with E-state index in [0.717, 1.165) is 34.5 Å². The lowest BCUT2D eigenvalue weighted by Gasteiger charge is -2.38. The minimum absolute atomic E-state index is 0.109. The molecule has 8 nitrogen and oxygen atoms in total. The lowest BCUT2D eigenvalue weighted by atomic mass is 9.78. The molecule has 3 aliphatic heterocycles. The van der Waals surface area contributed by atoms with Crippen LogP contribution in [0, 0.1) is 6.92 Å². The molecule has 1 N–H and O–H groups in total. The second-order valence-corrected chi connectivity index (χ2v) is 11.2. The van der Waals surface area contributed by atoms with Crippen molar-refractivity contribution >= 4 is 34.8 Å². The van der Waals surface area contributed by atoms with Gasteiger partial charge in [-0.15, -0.1) is 11.3 Å². The highest BCUT2D eigenvalue weighted by molar-refractivity contribution is 7.13. The average molecular weight is 509 g/mol. The van der Waals surface area contributed by atoms with Crippen LogP contribution in [0.5, 0.6) is 0 Å². The standard InChI is InChI=1S/C27H32N4O4S/c1-16-24(36-15-28-16)18-7-9-19(10-8-18)27(3)13-21(29-26(27)35)23-12-20(33)14-31(23)25(34)22-6-4-5-11-30(22)17(2)32/h7-10,15,20,22-23,33H,4-6,11-14H2,1-3H3/t20-,22+,23+,27+/m1/s1. The van der Waals surface area contributed by atoms with Crippen molar-refractivity contribution in [2.45, 2.75) is 76.5 Å². The van der Waals surface area contributed by atoms with Gasteiger partial charge in [0.25, 0.3) is 5.91 Å². The van der Waals surface area contributed by atoms with E-state index in [9.17, 15) is 19.5 Å². The van der Waals surface area contributed by atoms with Crippen LogP contribution >= 0.6 is 11.3 Å². The fourth-order valence-corrected chi connectivity index (χ4v) is 6.66. The number of carbonyl (C=O) groups is 3. The number of aromatic nitrogens is 1. The summed E-state index contributed by atoms with van der Waals surface area (Å²) in [5.41, 5.74) is 4.56. The van der Waals surface area contributed by atoms with Crippen LogP contribution in [0.1, 0.15) is 57.2 Å². The van der Waals surface area contributed by atoms with Crippen LogP contribution in [0.15, 0.2) is 34.8 Å². The Hall–Kier alpha value is -2.91. The summed E-state index contributed by atoms with van der Waals surface area (Å²) >= 11 is 1.59. The summed E-state index contributed by atoms with van der Waals surface area (Å²) in [7, 11) is 0. The number of thiazole rings is 1. The third-order valence-electron chi connectivity index (χ3n) is 7.92. The van der Waals surface area contributed by atoms with Gasteiger partial charge in [-0.1, -0.05) is 24.3 Å². The monoisotopic (exact) mass is 508 g/mol. The molecule has 2 aromatic rings. The van der Waals surface area contributed by atoms with Crippen LogP contribution < -0.4 is 0 Å². The van der Waals surface area contributed by atoms with Gasteiger partial charge in [0.1, 0.15) is 6.04 Å². The summed E-state index contributed by atoms with van der Waals surface area (Å²) in [5.74, 6) is -0.488. The molecule has 9 heteroatoms. The highest BCUT2D eigenvalue weighted by atomic mass is 32.1. The predicted molar refractivity (Wildman–Crippen MR) is 138 cm³/mol. The third-order valence-corrected chi connectivity index (χ3v) is 8.90. The number of β-amino-alcohol motifs (C(OH)–C–C–N with tert-alkyl or cyclic N) is 1. The van der Waals surface area contributed by atoms with Crippen molar-refractivity contribution in [3.63, 3.8) is 0 Å². The number of piperidine rings is 1. The van der Waals surface area contributed by atoms with Gasteiger partial charge >= 0.3 is 0 Å². The molecular weight excluding hydrogens is 476 g/mol. The Morgan fingerprint density at radius 2 is 1.92 bits per heavy atom. The van der Waals surface area contributed by atoms with E-state index in [0.29, 0.717) is 31.5 Å². The predicted octanol–water partition coefficient (Wildman–Crippen LogP) is 3.11. The number of amides is 3. The lowest BCUT2D eigenvalue weighted by molar-refractivity contribution is -0.146. The van der Waals surface area contributed by atoms with Crippen LogP contribution in [0.2, 0.25) is 0 Å². The van der Waals surface area contributed by atoms with E-state index in [1.165, 1.54) is 6.92 Å². The largest absolute Gasteiger partial charge is 0.391 e. The van der Waals surface area contributed by atoms with Gasteiger partial charge in [0.15, 0.2) is 0 Å². The van der Waals surface area contributed by atoms with Gasteiger partial charge in [-0.25, -0.2) is 9.98 Å². The fraction of sp³-hybridized carbons (Fsp3) is 0.519. The fourth-order valence-electron chi connectivity index (χ4n) is 5.85. The number of aliphatic imine (C=N–C) groups is 1. The second-order valence-electron chi connectivity index (χ2n) is 10.4. The number of aliphatic hydroxyl groups is 1.